The van der Waals surface area contributed by atoms with Crippen molar-refractivity contribution >= 4 is 33.4 Å². The molecule has 0 heterocycles. The predicted octanol–water partition coefficient (Wildman–Crippen LogP) is 4.15. The number of hydrogen-bond acceptors (Lipinski definition) is 3. The molecule has 0 bridgehead atoms. The zero-order valence-electron chi connectivity index (χ0n) is 12.9. The van der Waals surface area contributed by atoms with E-state index < -0.39 is 0 Å². The Morgan fingerprint density at radius 3 is 2.52 bits per heavy atom. The summed E-state index contributed by atoms with van der Waals surface area (Å²) in [6.07, 6.45) is 0. The zero-order valence-corrected chi connectivity index (χ0v) is 15.2. The van der Waals surface area contributed by atoms with Crippen LogP contribution in [0.15, 0.2) is 46.9 Å². The van der Waals surface area contributed by atoms with E-state index in [0.29, 0.717) is 17.3 Å². The number of hydrogen-bond donors (Lipinski definition) is 0. The number of halogens is 2. The lowest BCUT2D eigenvalue weighted by Crippen LogP contribution is -2.31. The largest absolute Gasteiger partial charge is 0.497 e. The molecular formula is C17H17BrClNO3. The third-order valence-electron chi connectivity index (χ3n) is 3.25. The summed E-state index contributed by atoms with van der Waals surface area (Å²) in [6.45, 7) is 0.473. The van der Waals surface area contributed by atoms with Crippen LogP contribution in [0.3, 0.4) is 0 Å². The molecule has 4 nitrogen and oxygen atoms in total. The molecule has 0 aliphatic carbocycles. The predicted molar refractivity (Wildman–Crippen MR) is 94.1 cm³/mol. The highest BCUT2D eigenvalue weighted by Gasteiger charge is 2.11. The number of benzene rings is 2. The third-order valence-corrected chi connectivity index (χ3v) is 4.10. The molecule has 23 heavy (non-hydrogen) atoms. The minimum atomic E-state index is -0.109. The second-order valence-corrected chi connectivity index (χ2v) is 6.25. The lowest BCUT2D eigenvalue weighted by Gasteiger charge is -2.18. The number of nitrogens with zero attached hydrogens (tertiary/aromatic N) is 1. The molecule has 0 fully saturated rings. The lowest BCUT2D eigenvalue weighted by atomic mass is 10.2. The number of amides is 1. The molecule has 6 heteroatoms. The Kier molecular flexibility index (Phi) is 6.30. The van der Waals surface area contributed by atoms with Gasteiger partial charge in [0.15, 0.2) is 6.61 Å². The summed E-state index contributed by atoms with van der Waals surface area (Å²) in [7, 11) is 3.36. The number of carbonyl (C=O) groups is 1. The molecule has 0 saturated carbocycles. The van der Waals surface area contributed by atoms with Crippen molar-refractivity contribution in [3.8, 4) is 11.5 Å². The van der Waals surface area contributed by atoms with E-state index in [0.717, 1.165) is 15.8 Å². The molecule has 0 N–H and O–H groups in total. The maximum Gasteiger partial charge on any atom is 0.260 e. The standard InChI is InChI=1S/C17H17BrClNO3/c1-20(10-12-3-6-14(22-2)7-4-12)17(21)11-23-16-8-5-13(19)9-15(16)18/h3-9H,10-11H2,1-2H3. The molecule has 0 unspecified atom stereocenters. The fourth-order valence-electron chi connectivity index (χ4n) is 1.93. The first kappa shape index (κ1) is 17.6. The van der Waals surface area contributed by atoms with E-state index in [1.165, 1.54) is 0 Å². The van der Waals surface area contributed by atoms with E-state index in [4.69, 9.17) is 21.1 Å². The Balaban J connectivity index is 1.89. The Morgan fingerprint density at radius 2 is 1.91 bits per heavy atom. The monoisotopic (exact) mass is 397 g/mol. The van der Waals surface area contributed by atoms with Crippen molar-refractivity contribution in [3.05, 3.63) is 57.5 Å². The van der Waals surface area contributed by atoms with Crippen LogP contribution in [0.4, 0.5) is 0 Å². The van der Waals surface area contributed by atoms with Gasteiger partial charge in [-0.15, -0.1) is 0 Å². The summed E-state index contributed by atoms with van der Waals surface area (Å²) in [5.41, 5.74) is 1.02. The van der Waals surface area contributed by atoms with Gasteiger partial charge in [-0.2, -0.15) is 0 Å². The molecule has 2 aromatic rings. The van der Waals surface area contributed by atoms with Crippen LogP contribution in [0, 0.1) is 0 Å². The van der Waals surface area contributed by atoms with Crippen molar-refractivity contribution in [2.45, 2.75) is 6.54 Å². The normalized spacial score (nSPS) is 10.3. The van der Waals surface area contributed by atoms with Crippen molar-refractivity contribution in [2.24, 2.45) is 0 Å². The average Bonchev–Trinajstić information content (AvgIpc) is 2.54. The molecule has 0 atom stereocenters. The van der Waals surface area contributed by atoms with E-state index in [9.17, 15) is 4.79 Å². The van der Waals surface area contributed by atoms with Gasteiger partial charge in [0.2, 0.25) is 0 Å². The van der Waals surface area contributed by atoms with E-state index in [2.05, 4.69) is 15.9 Å². The minimum absolute atomic E-state index is 0.0348. The van der Waals surface area contributed by atoms with Gasteiger partial charge in [0.25, 0.3) is 5.91 Å². The quantitative estimate of drug-likeness (QED) is 0.734. The smallest absolute Gasteiger partial charge is 0.260 e. The highest BCUT2D eigenvalue weighted by Crippen LogP contribution is 2.27. The van der Waals surface area contributed by atoms with Crippen molar-refractivity contribution in [1.82, 2.24) is 4.90 Å². The molecular weight excluding hydrogens is 382 g/mol. The fourth-order valence-corrected chi connectivity index (χ4v) is 2.73. The van der Waals surface area contributed by atoms with Crippen LogP contribution in [0.1, 0.15) is 5.56 Å². The lowest BCUT2D eigenvalue weighted by molar-refractivity contribution is -0.132. The fraction of sp³-hybridized carbons (Fsp3) is 0.235. The molecule has 2 aromatic carbocycles. The molecule has 0 saturated heterocycles. The SMILES string of the molecule is COc1ccc(CN(C)C(=O)COc2ccc(Cl)cc2Br)cc1. The van der Waals surface area contributed by atoms with Gasteiger partial charge in [0.05, 0.1) is 11.6 Å². The van der Waals surface area contributed by atoms with Gasteiger partial charge in [-0.05, 0) is 51.8 Å². The first-order chi connectivity index (χ1) is 11.0. The van der Waals surface area contributed by atoms with Crippen molar-refractivity contribution in [2.75, 3.05) is 20.8 Å². The van der Waals surface area contributed by atoms with Crippen molar-refractivity contribution < 1.29 is 14.3 Å². The number of methoxy groups -OCH3 is 1. The van der Waals surface area contributed by atoms with Gasteiger partial charge in [0.1, 0.15) is 11.5 Å². The van der Waals surface area contributed by atoms with Gasteiger partial charge >= 0.3 is 0 Å². The maximum absolute atomic E-state index is 12.2. The van der Waals surface area contributed by atoms with Crippen LogP contribution < -0.4 is 9.47 Å². The highest BCUT2D eigenvalue weighted by atomic mass is 79.9. The summed E-state index contributed by atoms with van der Waals surface area (Å²) in [6, 6.07) is 12.8. The minimum Gasteiger partial charge on any atom is -0.497 e. The summed E-state index contributed by atoms with van der Waals surface area (Å²) in [5.74, 6) is 1.27. The van der Waals surface area contributed by atoms with Gasteiger partial charge in [-0.1, -0.05) is 23.7 Å². The molecule has 122 valence electrons. The molecule has 0 radical (unpaired) electrons. The van der Waals surface area contributed by atoms with Gasteiger partial charge in [0, 0.05) is 18.6 Å². The molecule has 1 amide bonds. The Hall–Kier alpha value is -1.72. The highest BCUT2D eigenvalue weighted by molar-refractivity contribution is 9.10. The van der Waals surface area contributed by atoms with Crippen LogP contribution >= 0.6 is 27.5 Å². The maximum atomic E-state index is 12.2. The average molecular weight is 399 g/mol. The summed E-state index contributed by atoms with van der Waals surface area (Å²) in [5, 5.41) is 0.604. The molecule has 2 rings (SSSR count). The van der Waals surface area contributed by atoms with Crippen LogP contribution in [0.5, 0.6) is 11.5 Å². The number of likely N-dealkylation sites (N-methyl/N-ethyl adjacent to an activating group) is 1. The van der Waals surface area contributed by atoms with E-state index in [1.54, 1.807) is 37.3 Å². The number of carbonyl (C=O) groups excluding carboxylic acids is 1. The topological polar surface area (TPSA) is 38.8 Å². The zero-order chi connectivity index (χ0) is 16.8. The Morgan fingerprint density at radius 1 is 1.22 bits per heavy atom. The van der Waals surface area contributed by atoms with Crippen molar-refractivity contribution in [1.29, 1.82) is 0 Å². The Bertz CT molecular complexity index is 676. The molecule has 0 aliphatic heterocycles. The number of rotatable bonds is 6. The summed E-state index contributed by atoms with van der Waals surface area (Å²) < 4.78 is 11.4. The van der Waals surface area contributed by atoms with Crippen LogP contribution in [0.2, 0.25) is 5.02 Å². The second kappa shape index (κ2) is 8.22. The van der Waals surface area contributed by atoms with Crippen LogP contribution in [-0.4, -0.2) is 31.6 Å². The van der Waals surface area contributed by atoms with Crippen molar-refractivity contribution in [3.63, 3.8) is 0 Å². The summed E-state index contributed by atoms with van der Waals surface area (Å²) in [4.78, 5) is 13.8. The van der Waals surface area contributed by atoms with Gasteiger partial charge < -0.3 is 14.4 Å². The van der Waals surface area contributed by atoms with Crippen LogP contribution in [-0.2, 0) is 11.3 Å². The Labute approximate surface area is 149 Å². The molecule has 0 aliphatic rings. The number of ether oxygens (including phenoxy) is 2. The van der Waals surface area contributed by atoms with Crippen LogP contribution in [0.25, 0.3) is 0 Å². The second-order valence-electron chi connectivity index (χ2n) is 4.96. The third kappa shape index (κ3) is 5.15. The molecule has 0 spiro atoms. The molecule has 0 aromatic heterocycles. The van der Waals surface area contributed by atoms with E-state index in [-0.39, 0.29) is 12.5 Å². The van der Waals surface area contributed by atoms with E-state index >= 15 is 0 Å². The first-order valence-corrected chi connectivity index (χ1v) is 8.11. The van der Waals surface area contributed by atoms with Gasteiger partial charge in [-0.3, -0.25) is 4.79 Å². The van der Waals surface area contributed by atoms with E-state index in [1.807, 2.05) is 24.3 Å². The summed E-state index contributed by atoms with van der Waals surface area (Å²) >= 11 is 9.23. The first-order valence-electron chi connectivity index (χ1n) is 6.94. The van der Waals surface area contributed by atoms with Gasteiger partial charge in [-0.25, -0.2) is 0 Å².